The van der Waals surface area contributed by atoms with Gasteiger partial charge in [0.05, 0.1) is 5.69 Å². The molecule has 10 heteroatoms. The van der Waals surface area contributed by atoms with Crippen molar-refractivity contribution in [2.24, 2.45) is 5.92 Å². The van der Waals surface area contributed by atoms with Crippen molar-refractivity contribution in [3.05, 3.63) is 41.5 Å². The van der Waals surface area contributed by atoms with Crippen molar-refractivity contribution in [2.45, 2.75) is 52.0 Å². The van der Waals surface area contributed by atoms with Crippen molar-refractivity contribution in [3.8, 4) is 0 Å². The third-order valence-corrected chi connectivity index (χ3v) is 8.22. The lowest BCUT2D eigenvalue weighted by molar-refractivity contribution is -0.132. The van der Waals surface area contributed by atoms with Crippen molar-refractivity contribution in [1.82, 2.24) is 29.0 Å². The van der Waals surface area contributed by atoms with Gasteiger partial charge in [-0.2, -0.15) is 9.40 Å². The average molecular weight is 473 g/mol. The predicted molar refractivity (Wildman–Crippen MR) is 126 cm³/mol. The monoisotopic (exact) mass is 472 g/mol. The number of H-pyrrole nitrogens is 1. The van der Waals surface area contributed by atoms with Gasteiger partial charge in [0.25, 0.3) is 0 Å². The highest BCUT2D eigenvalue weighted by Crippen LogP contribution is 2.25. The number of fused-ring (bicyclic) bond motifs is 1. The fraction of sp³-hybridized carbons (Fsp3) is 0.522. The Balaban J connectivity index is 1.36. The minimum atomic E-state index is -3.66. The number of amides is 1. The quantitative estimate of drug-likeness (QED) is 0.569. The Kier molecular flexibility index (Phi) is 6.58. The van der Waals surface area contributed by atoms with E-state index in [9.17, 15) is 13.2 Å². The van der Waals surface area contributed by atoms with Gasteiger partial charge in [0.1, 0.15) is 10.5 Å². The second kappa shape index (κ2) is 9.26. The SMILES string of the molecule is Cc1nn(CC(C)C)c(C)c1CCC(=O)N1CCN(S(=O)(=O)c2c[nH]c3ncccc23)CC1. The highest BCUT2D eigenvalue weighted by molar-refractivity contribution is 7.89. The summed E-state index contributed by atoms with van der Waals surface area (Å²) < 4.78 is 29.8. The van der Waals surface area contributed by atoms with Gasteiger partial charge in [0.15, 0.2) is 0 Å². The number of sulfonamides is 1. The molecule has 3 aromatic rings. The number of carbonyl (C=O) groups is 1. The van der Waals surface area contributed by atoms with E-state index in [0.29, 0.717) is 42.9 Å². The standard InChI is InChI=1S/C23H32N6O3S/c1-16(2)15-29-18(4)19(17(3)26-29)7-8-22(30)27-10-12-28(13-11-27)33(31,32)21-14-25-23-20(21)6-5-9-24-23/h5-6,9,14,16H,7-8,10-13,15H2,1-4H3,(H,24,25). The molecule has 0 unspecified atom stereocenters. The first-order valence-electron chi connectivity index (χ1n) is 11.4. The highest BCUT2D eigenvalue weighted by Gasteiger charge is 2.32. The summed E-state index contributed by atoms with van der Waals surface area (Å²) in [6, 6.07) is 3.47. The number of rotatable bonds is 7. The third kappa shape index (κ3) is 4.67. The molecule has 1 fully saturated rings. The number of aryl methyl sites for hydroxylation is 1. The summed E-state index contributed by atoms with van der Waals surface area (Å²) in [5, 5.41) is 5.22. The molecule has 4 heterocycles. The number of aromatic amines is 1. The lowest BCUT2D eigenvalue weighted by Gasteiger charge is -2.34. The number of hydrogen-bond acceptors (Lipinski definition) is 5. The van der Waals surface area contributed by atoms with Crippen molar-refractivity contribution >= 4 is 27.0 Å². The molecule has 1 aliphatic heterocycles. The number of hydrogen-bond donors (Lipinski definition) is 1. The molecule has 178 valence electrons. The molecule has 0 bridgehead atoms. The van der Waals surface area contributed by atoms with Gasteiger partial charge in [-0.15, -0.1) is 0 Å². The Hall–Kier alpha value is -2.72. The van der Waals surface area contributed by atoms with Crippen LogP contribution in [-0.2, 0) is 27.8 Å². The van der Waals surface area contributed by atoms with Gasteiger partial charge in [-0.25, -0.2) is 13.4 Å². The topological polar surface area (TPSA) is 104 Å². The van der Waals surface area contributed by atoms with E-state index < -0.39 is 10.0 Å². The summed E-state index contributed by atoms with van der Waals surface area (Å²) >= 11 is 0. The van der Waals surface area contributed by atoms with E-state index in [1.807, 2.05) is 11.6 Å². The van der Waals surface area contributed by atoms with Crippen LogP contribution in [-0.4, -0.2) is 69.5 Å². The largest absolute Gasteiger partial charge is 0.345 e. The summed E-state index contributed by atoms with van der Waals surface area (Å²) in [4.78, 5) is 22.0. The van der Waals surface area contributed by atoms with Crippen LogP contribution in [0.25, 0.3) is 11.0 Å². The number of nitrogens with zero attached hydrogens (tertiary/aromatic N) is 5. The van der Waals surface area contributed by atoms with Crippen molar-refractivity contribution in [1.29, 1.82) is 0 Å². The Morgan fingerprint density at radius 3 is 2.61 bits per heavy atom. The first-order chi connectivity index (χ1) is 15.7. The molecule has 0 aliphatic carbocycles. The maximum Gasteiger partial charge on any atom is 0.245 e. The Bertz CT molecular complexity index is 1250. The molecular formula is C23H32N6O3S. The zero-order valence-electron chi connectivity index (χ0n) is 19.7. The minimum Gasteiger partial charge on any atom is -0.345 e. The Morgan fingerprint density at radius 1 is 1.18 bits per heavy atom. The lowest BCUT2D eigenvalue weighted by Crippen LogP contribution is -2.50. The van der Waals surface area contributed by atoms with Crippen LogP contribution in [0.3, 0.4) is 0 Å². The molecule has 0 atom stereocenters. The number of pyridine rings is 1. The van der Waals surface area contributed by atoms with Crippen LogP contribution in [0.2, 0.25) is 0 Å². The maximum absolute atomic E-state index is 13.2. The van der Waals surface area contributed by atoms with E-state index in [1.165, 1.54) is 10.5 Å². The van der Waals surface area contributed by atoms with Gasteiger partial charge in [0.2, 0.25) is 15.9 Å². The minimum absolute atomic E-state index is 0.0544. The Labute approximate surface area is 194 Å². The zero-order valence-corrected chi connectivity index (χ0v) is 20.5. The van der Waals surface area contributed by atoms with Crippen molar-refractivity contribution in [2.75, 3.05) is 26.2 Å². The third-order valence-electron chi connectivity index (χ3n) is 6.28. The number of carbonyl (C=O) groups excluding carboxylic acids is 1. The summed E-state index contributed by atoms with van der Waals surface area (Å²) in [6.45, 7) is 10.6. The smallest absolute Gasteiger partial charge is 0.245 e. The molecule has 0 saturated carbocycles. The zero-order chi connectivity index (χ0) is 23.8. The lowest BCUT2D eigenvalue weighted by atomic mass is 10.1. The molecular weight excluding hydrogens is 440 g/mol. The fourth-order valence-corrected chi connectivity index (χ4v) is 6.04. The second-order valence-electron chi connectivity index (χ2n) is 9.06. The summed E-state index contributed by atoms with van der Waals surface area (Å²) in [6.07, 6.45) is 4.16. The van der Waals surface area contributed by atoms with Gasteiger partial charge in [-0.05, 0) is 43.9 Å². The van der Waals surface area contributed by atoms with E-state index in [0.717, 1.165) is 23.5 Å². The fourth-order valence-electron chi connectivity index (χ4n) is 4.47. The summed E-state index contributed by atoms with van der Waals surface area (Å²) in [7, 11) is -3.66. The van der Waals surface area contributed by atoms with Crippen LogP contribution in [0.15, 0.2) is 29.4 Å². The molecule has 3 aromatic heterocycles. The molecule has 1 aliphatic rings. The van der Waals surface area contributed by atoms with E-state index in [-0.39, 0.29) is 23.9 Å². The molecule has 1 N–H and O–H groups in total. The molecule has 0 radical (unpaired) electrons. The van der Waals surface area contributed by atoms with E-state index >= 15 is 0 Å². The van der Waals surface area contributed by atoms with Crippen LogP contribution in [0.5, 0.6) is 0 Å². The number of aromatic nitrogens is 4. The van der Waals surface area contributed by atoms with Crippen LogP contribution in [0, 0.1) is 19.8 Å². The molecule has 4 rings (SSSR count). The van der Waals surface area contributed by atoms with Crippen LogP contribution in [0.1, 0.15) is 37.2 Å². The van der Waals surface area contributed by atoms with Crippen molar-refractivity contribution in [3.63, 3.8) is 0 Å². The number of piperazine rings is 1. The van der Waals surface area contributed by atoms with Crippen molar-refractivity contribution < 1.29 is 13.2 Å². The van der Waals surface area contributed by atoms with Crippen LogP contribution in [0.4, 0.5) is 0 Å². The first kappa shape index (κ1) is 23.4. The van der Waals surface area contributed by atoms with Gasteiger partial charge in [-0.3, -0.25) is 9.48 Å². The molecule has 1 saturated heterocycles. The van der Waals surface area contributed by atoms with Crippen LogP contribution < -0.4 is 0 Å². The highest BCUT2D eigenvalue weighted by atomic mass is 32.2. The summed E-state index contributed by atoms with van der Waals surface area (Å²) in [5.41, 5.74) is 3.79. The van der Waals surface area contributed by atoms with E-state index in [1.54, 1.807) is 23.2 Å². The predicted octanol–water partition coefficient (Wildman–Crippen LogP) is 2.50. The van der Waals surface area contributed by atoms with Gasteiger partial charge in [-0.1, -0.05) is 13.8 Å². The first-order valence-corrected chi connectivity index (χ1v) is 12.9. The van der Waals surface area contributed by atoms with E-state index in [2.05, 4.69) is 35.8 Å². The number of nitrogens with one attached hydrogen (secondary N) is 1. The summed E-state index contributed by atoms with van der Waals surface area (Å²) in [5.74, 6) is 0.560. The average Bonchev–Trinajstić information content (AvgIpc) is 3.33. The van der Waals surface area contributed by atoms with Gasteiger partial charge < -0.3 is 9.88 Å². The second-order valence-corrected chi connectivity index (χ2v) is 11.0. The normalized spacial score (nSPS) is 15.6. The van der Waals surface area contributed by atoms with Crippen LogP contribution >= 0.6 is 0 Å². The molecule has 9 nitrogen and oxygen atoms in total. The molecule has 33 heavy (non-hydrogen) atoms. The molecule has 0 aromatic carbocycles. The van der Waals surface area contributed by atoms with Gasteiger partial charge >= 0.3 is 0 Å². The van der Waals surface area contributed by atoms with E-state index in [4.69, 9.17) is 0 Å². The molecule has 1 amide bonds. The Morgan fingerprint density at radius 2 is 1.91 bits per heavy atom. The maximum atomic E-state index is 13.2. The van der Waals surface area contributed by atoms with Gasteiger partial charge in [0, 0.05) is 62.6 Å². The molecule has 0 spiro atoms.